The second-order valence-corrected chi connectivity index (χ2v) is 8.42. The maximum absolute atomic E-state index is 13.8. The zero-order valence-electron chi connectivity index (χ0n) is 18.7. The number of ether oxygens (including phenoxy) is 1. The van der Waals surface area contributed by atoms with Crippen LogP contribution in [0.4, 0.5) is 10.2 Å². The maximum atomic E-state index is 13.8. The molecule has 2 amide bonds. The fraction of sp³-hybridized carbons (Fsp3) is 0.292. The summed E-state index contributed by atoms with van der Waals surface area (Å²) in [5.41, 5.74) is 0.981. The number of nitrogens with zero attached hydrogens (tertiary/aromatic N) is 4. The molecule has 0 fully saturated rings. The number of fused-ring (bicyclic) bond motifs is 1. The zero-order valence-corrected chi connectivity index (χ0v) is 19.5. The predicted molar refractivity (Wildman–Crippen MR) is 125 cm³/mol. The highest BCUT2D eigenvalue weighted by molar-refractivity contribution is 6.30. The molecule has 8 nitrogen and oxygen atoms in total. The van der Waals surface area contributed by atoms with Crippen molar-refractivity contribution >= 4 is 29.2 Å². The van der Waals surface area contributed by atoms with Gasteiger partial charge in [-0.25, -0.2) is 4.39 Å². The molecule has 1 aliphatic rings. The highest BCUT2D eigenvalue weighted by Gasteiger charge is 2.40. The van der Waals surface area contributed by atoms with E-state index in [1.54, 1.807) is 36.7 Å². The van der Waals surface area contributed by atoms with Gasteiger partial charge in [0.1, 0.15) is 17.6 Å². The summed E-state index contributed by atoms with van der Waals surface area (Å²) in [6, 6.07) is 11.9. The van der Waals surface area contributed by atoms with E-state index in [0.717, 1.165) is 5.56 Å². The van der Waals surface area contributed by atoms with Crippen molar-refractivity contribution in [3.63, 3.8) is 0 Å². The van der Waals surface area contributed by atoms with Crippen LogP contribution in [-0.2, 0) is 11.3 Å². The lowest BCUT2D eigenvalue weighted by Crippen LogP contribution is -2.46. The Morgan fingerprint density at radius 2 is 1.91 bits per heavy atom. The number of carbonyl (C=O) groups is 2. The third-order valence-electron chi connectivity index (χ3n) is 5.67. The lowest BCUT2D eigenvalue weighted by molar-refractivity contribution is -0.122. The standard InChI is InChI=1S/C24H24ClFN4O4/c1-15-22(32)28(2)21-20(23(33)29(15)11-4-12-31)30(14-16-7-9-17(25)10-8-16)24(27-21)34-19-6-3-5-18(26)13-19/h3,5-10,13,15,31H,4,11-12,14H2,1-2H3/t15-/m0/s1. The lowest BCUT2D eigenvalue weighted by atomic mass is 10.2. The van der Waals surface area contributed by atoms with E-state index < -0.39 is 17.8 Å². The number of hydrogen-bond donors (Lipinski definition) is 1. The molecule has 1 N–H and O–H groups in total. The van der Waals surface area contributed by atoms with Crippen LogP contribution in [0.25, 0.3) is 0 Å². The van der Waals surface area contributed by atoms with Gasteiger partial charge in [-0.15, -0.1) is 0 Å². The summed E-state index contributed by atoms with van der Waals surface area (Å²) in [5, 5.41) is 9.87. The Morgan fingerprint density at radius 3 is 2.59 bits per heavy atom. The molecule has 0 aliphatic carbocycles. The van der Waals surface area contributed by atoms with E-state index in [9.17, 15) is 19.1 Å². The molecule has 4 rings (SSSR count). The van der Waals surface area contributed by atoms with Crippen LogP contribution in [-0.4, -0.2) is 57.6 Å². The van der Waals surface area contributed by atoms with Crippen molar-refractivity contribution in [2.75, 3.05) is 25.1 Å². The van der Waals surface area contributed by atoms with Gasteiger partial charge in [0.05, 0.1) is 6.54 Å². The van der Waals surface area contributed by atoms with Crippen LogP contribution >= 0.6 is 11.6 Å². The van der Waals surface area contributed by atoms with Gasteiger partial charge in [-0.2, -0.15) is 4.98 Å². The third-order valence-corrected chi connectivity index (χ3v) is 5.92. The fourth-order valence-electron chi connectivity index (χ4n) is 3.86. The maximum Gasteiger partial charge on any atom is 0.304 e. The number of halogens is 2. The van der Waals surface area contributed by atoms with Gasteiger partial charge in [0.25, 0.3) is 5.91 Å². The SMILES string of the molecule is C[C@H]1C(=O)N(C)c2nc(Oc3cccc(F)c3)n(Cc3ccc(Cl)cc3)c2C(=O)N1CCCO. The Balaban J connectivity index is 1.85. The highest BCUT2D eigenvalue weighted by atomic mass is 35.5. The summed E-state index contributed by atoms with van der Waals surface area (Å²) in [5.74, 6) is -0.872. The summed E-state index contributed by atoms with van der Waals surface area (Å²) < 4.78 is 21.2. The van der Waals surface area contributed by atoms with E-state index in [4.69, 9.17) is 16.3 Å². The average molecular weight is 487 g/mol. The number of rotatable bonds is 7. The third kappa shape index (κ3) is 4.62. The molecule has 3 aromatic rings. The number of likely N-dealkylation sites (N-methyl/N-ethyl adjacent to an activating group) is 1. The number of aliphatic hydroxyl groups excluding tert-OH is 1. The second kappa shape index (κ2) is 9.82. The van der Waals surface area contributed by atoms with Crippen molar-refractivity contribution in [1.82, 2.24) is 14.5 Å². The molecular weight excluding hydrogens is 463 g/mol. The number of imidazole rings is 1. The van der Waals surface area contributed by atoms with Gasteiger partial charge in [-0.1, -0.05) is 29.8 Å². The topological polar surface area (TPSA) is 87.9 Å². The normalized spacial score (nSPS) is 16.0. The molecule has 0 radical (unpaired) electrons. The number of aliphatic hydroxyl groups is 1. The zero-order chi connectivity index (χ0) is 24.4. The van der Waals surface area contributed by atoms with Gasteiger partial charge >= 0.3 is 6.01 Å². The van der Waals surface area contributed by atoms with Crippen molar-refractivity contribution in [3.8, 4) is 11.8 Å². The van der Waals surface area contributed by atoms with E-state index >= 15 is 0 Å². The van der Waals surface area contributed by atoms with Crippen LogP contribution in [0.1, 0.15) is 29.4 Å². The smallest absolute Gasteiger partial charge is 0.304 e. The quantitative estimate of drug-likeness (QED) is 0.550. The molecule has 1 atom stereocenters. The van der Waals surface area contributed by atoms with Crippen molar-refractivity contribution in [2.24, 2.45) is 0 Å². The molecule has 0 saturated carbocycles. The molecule has 0 unspecified atom stereocenters. The Labute approximate surface area is 201 Å². The number of amides is 2. The van der Waals surface area contributed by atoms with Crippen LogP contribution in [0.2, 0.25) is 5.02 Å². The van der Waals surface area contributed by atoms with E-state index in [2.05, 4.69) is 4.98 Å². The van der Waals surface area contributed by atoms with Crippen molar-refractivity contribution in [2.45, 2.75) is 25.9 Å². The Morgan fingerprint density at radius 1 is 1.18 bits per heavy atom. The molecule has 178 valence electrons. The van der Waals surface area contributed by atoms with Crippen molar-refractivity contribution in [1.29, 1.82) is 0 Å². The average Bonchev–Trinajstić information content (AvgIpc) is 3.14. The molecule has 1 aliphatic heterocycles. The minimum absolute atomic E-state index is 0.0372. The van der Waals surface area contributed by atoms with E-state index in [-0.39, 0.29) is 48.9 Å². The second-order valence-electron chi connectivity index (χ2n) is 7.99. The first-order valence-electron chi connectivity index (χ1n) is 10.8. The van der Waals surface area contributed by atoms with Crippen LogP contribution in [0, 0.1) is 5.82 Å². The summed E-state index contributed by atoms with van der Waals surface area (Å²) in [6.07, 6.45) is 0.320. The number of anilines is 1. The highest BCUT2D eigenvalue weighted by Crippen LogP contribution is 2.34. The Bertz CT molecular complexity index is 1210. The predicted octanol–water partition coefficient (Wildman–Crippen LogP) is 3.71. The monoisotopic (exact) mass is 486 g/mol. The van der Waals surface area contributed by atoms with Gasteiger partial charge in [-0.3, -0.25) is 19.1 Å². The van der Waals surface area contributed by atoms with Crippen LogP contribution < -0.4 is 9.64 Å². The first-order chi connectivity index (χ1) is 16.3. The van der Waals surface area contributed by atoms with Crippen molar-refractivity contribution in [3.05, 3.63) is 70.6 Å². The first-order valence-corrected chi connectivity index (χ1v) is 11.2. The number of carbonyl (C=O) groups excluding carboxylic acids is 2. The summed E-state index contributed by atoms with van der Waals surface area (Å²) in [4.78, 5) is 34.0. The van der Waals surface area contributed by atoms with Crippen molar-refractivity contribution < 1.29 is 23.8 Å². The molecule has 0 saturated heterocycles. The minimum Gasteiger partial charge on any atom is -0.425 e. The largest absolute Gasteiger partial charge is 0.425 e. The molecule has 34 heavy (non-hydrogen) atoms. The Kier molecular flexibility index (Phi) is 6.85. The number of benzene rings is 2. The molecule has 0 spiro atoms. The van der Waals surface area contributed by atoms with E-state index in [1.807, 2.05) is 12.1 Å². The fourth-order valence-corrected chi connectivity index (χ4v) is 3.99. The lowest BCUT2D eigenvalue weighted by Gasteiger charge is -2.27. The molecule has 10 heteroatoms. The molecule has 0 bridgehead atoms. The molecule has 1 aromatic heterocycles. The summed E-state index contributed by atoms with van der Waals surface area (Å²) in [6.45, 7) is 1.92. The van der Waals surface area contributed by atoms with Gasteiger partial charge in [0, 0.05) is 31.3 Å². The molecule has 2 heterocycles. The van der Waals surface area contributed by atoms with Gasteiger partial charge < -0.3 is 14.7 Å². The van der Waals surface area contributed by atoms with E-state index in [0.29, 0.717) is 11.4 Å². The number of aromatic nitrogens is 2. The van der Waals surface area contributed by atoms with E-state index in [1.165, 1.54) is 28.0 Å². The Hall–Kier alpha value is -3.43. The van der Waals surface area contributed by atoms with Crippen LogP contribution in [0.15, 0.2) is 48.5 Å². The van der Waals surface area contributed by atoms with Gasteiger partial charge in [0.2, 0.25) is 5.91 Å². The number of hydrogen-bond acceptors (Lipinski definition) is 5. The minimum atomic E-state index is -0.741. The molecule has 2 aromatic carbocycles. The van der Waals surface area contributed by atoms with Crippen LogP contribution in [0.5, 0.6) is 11.8 Å². The first kappa shape index (κ1) is 23.7. The molecular formula is C24H24ClFN4O4. The van der Waals surface area contributed by atoms with Gasteiger partial charge in [0.15, 0.2) is 11.5 Å². The van der Waals surface area contributed by atoms with Crippen LogP contribution in [0.3, 0.4) is 0 Å². The summed E-state index contributed by atoms with van der Waals surface area (Å²) >= 11 is 6.02. The van der Waals surface area contributed by atoms with Gasteiger partial charge in [-0.05, 0) is 43.2 Å². The summed E-state index contributed by atoms with van der Waals surface area (Å²) in [7, 11) is 1.55.